The lowest BCUT2D eigenvalue weighted by atomic mass is 10.1. The van der Waals surface area contributed by atoms with Gasteiger partial charge in [-0.15, -0.1) is 0 Å². The van der Waals surface area contributed by atoms with Gasteiger partial charge in [-0.3, -0.25) is 0 Å². The highest BCUT2D eigenvalue weighted by Gasteiger charge is 2.12. The highest BCUT2D eigenvalue weighted by atomic mass is 79.9. The third kappa shape index (κ3) is 3.22. The molecule has 0 bridgehead atoms. The lowest BCUT2D eigenvalue weighted by molar-refractivity contribution is 0.366. The second-order valence-electron chi connectivity index (χ2n) is 4.99. The summed E-state index contributed by atoms with van der Waals surface area (Å²) in [5.74, 6) is 0.542. The number of nitrogens with zero attached hydrogens (tertiary/aromatic N) is 2. The highest BCUT2D eigenvalue weighted by molar-refractivity contribution is 9.10. The Kier molecular flexibility index (Phi) is 4.29. The fourth-order valence-corrected chi connectivity index (χ4v) is 2.42. The van der Waals surface area contributed by atoms with Gasteiger partial charge in [0.15, 0.2) is 5.82 Å². The first-order chi connectivity index (χ1) is 10.6. The van der Waals surface area contributed by atoms with Crippen LogP contribution in [-0.2, 0) is 0 Å². The molecule has 0 fully saturated rings. The highest BCUT2D eigenvalue weighted by Crippen LogP contribution is 2.26. The zero-order valence-electron chi connectivity index (χ0n) is 12.0. The van der Waals surface area contributed by atoms with Crippen LogP contribution in [0.5, 0.6) is 0 Å². The SMILES string of the molecule is CC(F)c1cc(-c2ccc(Br)cc2)nc(-c2ccccc2)n1. The summed E-state index contributed by atoms with van der Waals surface area (Å²) in [4.78, 5) is 8.94. The number of hydrogen-bond donors (Lipinski definition) is 0. The van der Waals surface area contributed by atoms with Crippen LogP contribution in [0.15, 0.2) is 65.1 Å². The molecule has 0 N–H and O–H groups in total. The van der Waals surface area contributed by atoms with Crippen molar-refractivity contribution in [2.24, 2.45) is 0 Å². The molecule has 22 heavy (non-hydrogen) atoms. The van der Waals surface area contributed by atoms with Crippen LogP contribution >= 0.6 is 15.9 Å². The Morgan fingerprint density at radius 2 is 1.59 bits per heavy atom. The van der Waals surface area contributed by atoms with Crippen LogP contribution in [0.25, 0.3) is 22.6 Å². The van der Waals surface area contributed by atoms with Gasteiger partial charge in [-0.05, 0) is 25.1 Å². The summed E-state index contributed by atoms with van der Waals surface area (Å²) in [6.45, 7) is 1.49. The van der Waals surface area contributed by atoms with Gasteiger partial charge in [0.2, 0.25) is 0 Å². The Bertz CT molecular complexity index is 771. The molecule has 0 saturated carbocycles. The number of alkyl halides is 1. The molecule has 3 rings (SSSR count). The molecule has 1 unspecified atom stereocenters. The second-order valence-corrected chi connectivity index (χ2v) is 5.91. The van der Waals surface area contributed by atoms with Gasteiger partial charge in [0.05, 0.1) is 11.4 Å². The number of hydrogen-bond acceptors (Lipinski definition) is 2. The molecule has 4 heteroatoms. The maximum absolute atomic E-state index is 13.8. The van der Waals surface area contributed by atoms with Gasteiger partial charge in [-0.2, -0.15) is 0 Å². The van der Waals surface area contributed by atoms with Crippen LogP contribution in [0.2, 0.25) is 0 Å². The summed E-state index contributed by atoms with van der Waals surface area (Å²) in [6, 6.07) is 19.1. The third-order valence-electron chi connectivity index (χ3n) is 3.33. The Balaban J connectivity index is 2.14. The molecule has 110 valence electrons. The molecule has 0 aliphatic heterocycles. The minimum atomic E-state index is -1.14. The number of halogens is 2. The monoisotopic (exact) mass is 356 g/mol. The maximum Gasteiger partial charge on any atom is 0.160 e. The van der Waals surface area contributed by atoms with E-state index >= 15 is 0 Å². The normalized spacial score (nSPS) is 12.1. The van der Waals surface area contributed by atoms with Gasteiger partial charge >= 0.3 is 0 Å². The lowest BCUT2D eigenvalue weighted by Crippen LogP contribution is -1.99. The topological polar surface area (TPSA) is 25.8 Å². The van der Waals surface area contributed by atoms with Crippen LogP contribution in [0, 0.1) is 0 Å². The number of rotatable bonds is 3. The molecule has 0 saturated heterocycles. The standard InChI is InChI=1S/C18H14BrFN2/c1-12(20)16-11-17(13-7-9-15(19)10-8-13)22-18(21-16)14-5-3-2-4-6-14/h2-12H,1H3. The van der Waals surface area contributed by atoms with Gasteiger partial charge < -0.3 is 0 Å². The van der Waals surface area contributed by atoms with E-state index in [0.29, 0.717) is 11.5 Å². The quantitative estimate of drug-likeness (QED) is 0.609. The number of aromatic nitrogens is 2. The van der Waals surface area contributed by atoms with E-state index in [9.17, 15) is 4.39 Å². The Morgan fingerprint density at radius 1 is 0.909 bits per heavy atom. The predicted molar refractivity (Wildman–Crippen MR) is 90.1 cm³/mol. The molecule has 0 aliphatic carbocycles. The molecule has 2 nitrogen and oxygen atoms in total. The molecule has 1 atom stereocenters. The summed E-state index contributed by atoms with van der Waals surface area (Å²) in [7, 11) is 0. The van der Waals surface area contributed by atoms with E-state index in [-0.39, 0.29) is 0 Å². The minimum absolute atomic E-state index is 0.395. The van der Waals surface area contributed by atoms with Crippen LogP contribution in [-0.4, -0.2) is 9.97 Å². The van der Waals surface area contributed by atoms with Gasteiger partial charge in [0, 0.05) is 15.6 Å². The van der Waals surface area contributed by atoms with Crippen LogP contribution in [0.1, 0.15) is 18.8 Å². The van der Waals surface area contributed by atoms with Crippen molar-refractivity contribution < 1.29 is 4.39 Å². The average molecular weight is 357 g/mol. The van der Waals surface area contributed by atoms with Crippen molar-refractivity contribution in [3.8, 4) is 22.6 Å². The molecule has 0 aliphatic rings. The van der Waals surface area contributed by atoms with E-state index in [1.807, 2.05) is 54.6 Å². The van der Waals surface area contributed by atoms with E-state index < -0.39 is 6.17 Å². The van der Waals surface area contributed by atoms with Crippen molar-refractivity contribution in [3.63, 3.8) is 0 Å². The van der Waals surface area contributed by atoms with E-state index in [2.05, 4.69) is 25.9 Å². The summed E-state index contributed by atoms with van der Waals surface area (Å²) in [5, 5.41) is 0. The van der Waals surface area contributed by atoms with Crippen LogP contribution in [0.4, 0.5) is 4.39 Å². The first-order valence-electron chi connectivity index (χ1n) is 6.98. The van der Waals surface area contributed by atoms with Crippen molar-refractivity contribution in [3.05, 3.63) is 70.8 Å². The molecule has 2 aromatic carbocycles. The molecule has 0 radical (unpaired) electrons. The van der Waals surface area contributed by atoms with Crippen molar-refractivity contribution in [2.75, 3.05) is 0 Å². The van der Waals surface area contributed by atoms with E-state index in [1.165, 1.54) is 6.92 Å². The molecular weight excluding hydrogens is 343 g/mol. The van der Waals surface area contributed by atoms with E-state index in [0.717, 1.165) is 21.3 Å². The molecule has 1 aromatic heterocycles. The number of benzene rings is 2. The maximum atomic E-state index is 13.8. The van der Waals surface area contributed by atoms with Crippen molar-refractivity contribution in [1.29, 1.82) is 0 Å². The van der Waals surface area contributed by atoms with Gasteiger partial charge in [0.1, 0.15) is 6.17 Å². The van der Waals surface area contributed by atoms with Gasteiger partial charge in [0.25, 0.3) is 0 Å². The Hall–Kier alpha value is -2.07. The first kappa shape index (κ1) is 14.9. The largest absolute Gasteiger partial charge is 0.241 e. The molecule has 3 aromatic rings. The smallest absolute Gasteiger partial charge is 0.160 e. The first-order valence-corrected chi connectivity index (χ1v) is 7.77. The van der Waals surface area contributed by atoms with Crippen molar-refractivity contribution in [2.45, 2.75) is 13.1 Å². The fraction of sp³-hybridized carbons (Fsp3) is 0.111. The minimum Gasteiger partial charge on any atom is -0.241 e. The summed E-state index contributed by atoms with van der Waals surface area (Å²) >= 11 is 3.41. The zero-order chi connectivity index (χ0) is 15.5. The Morgan fingerprint density at radius 3 is 2.23 bits per heavy atom. The molecule has 0 spiro atoms. The molecular formula is C18H14BrFN2. The lowest BCUT2D eigenvalue weighted by Gasteiger charge is -2.09. The zero-order valence-corrected chi connectivity index (χ0v) is 13.6. The fourth-order valence-electron chi connectivity index (χ4n) is 2.15. The van der Waals surface area contributed by atoms with E-state index in [4.69, 9.17) is 0 Å². The summed E-state index contributed by atoms with van der Waals surface area (Å²) < 4.78 is 14.8. The average Bonchev–Trinajstić information content (AvgIpc) is 2.56. The van der Waals surface area contributed by atoms with Crippen LogP contribution < -0.4 is 0 Å². The third-order valence-corrected chi connectivity index (χ3v) is 3.85. The van der Waals surface area contributed by atoms with Crippen molar-refractivity contribution in [1.82, 2.24) is 9.97 Å². The van der Waals surface area contributed by atoms with E-state index in [1.54, 1.807) is 6.07 Å². The summed E-state index contributed by atoms with van der Waals surface area (Å²) in [6.07, 6.45) is -1.14. The van der Waals surface area contributed by atoms with Crippen LogP contribution in [0.3, 0.4) is 0 Å². The predicted octanol–water partition coefficient (Wildman–Crippen LogP) is 5.60. The van der Waals surface area contributed by atoms with Gasteiger partial charge in [-0.1, -0.05) is 58.4 Å². The van der Waals surface area contributed by atoms with Crippen molar-refractivity contribution >= 4 is 15.9 Å². The van der Waals surface area contributed by atoms with Gasteiger partial charge in [-0.25, -0.2) is 14.4 Å². The Labute approximate surface area is 137 Å². The molecule has 0 amide bonds. The summed E-state index contributed by atoms with van der Waals surface area (Å²) in [5.41, 5.74) is 2.93. The second kappa shape index (κ2) is 6.36. The molecule has 1 heterocycles.